The zero-order valence-electron chi connectivity index (χ0n) is 14.6. The summed E-state index contributed by atoms with van der Waals surface area (Å²) < 4.78 is 0. The van der Waals surface area contributed by atoms with Crippen molar-refractivity contribution in [1.82, 2.24) is 19.7 Å². The van der Waals surface area contributed by atoms with Gasteiger partial charge in [-0.1, -0.05) is 6.07 Å². The quantitative estimate of drug-likeness (QED) is 0.829. The fourth-order valence-corrected chi connectivity index (χ4v) is 3.98. The summed E-state index contributed by atoms with van der Waals surface area (Å²) in [6, 6.07) is 4.02. The lowest BCUT2D eigenvalue weighted by Gasteiger charge is -2.33. The number of carbonyl (C=O) groups excluding carboxylic acids is 2. The Kier molecular flexibility index (Phi) is 4.85. The van der Waals surface area contributed by atoms with Crippen molar-refractivity contribution in [3.63, 3.8) is 0 Å². The van der Waals surface area contributed by atoms with Crippen LogP contribution in [-0.2, 0) is 16.1 Å². The second-order valence-corrected chi connectivity index (χ2v) is 7.10. The topological polar surface area (TPSA) is 56.8 Å². The van der Waals surface area contributed by atoms with Crippen molar-refractivity contribution in [1.29, 1.82) is 0 Å². The molecule has 6 nitrogen and oxygen atoms in total. The van der Waals surface area contributed by atoms with Crippen LogP contribution in [0, 0.1) is 5.41 Å². The first-order valence-corrected chi connectivity index (χ1v) is 8.66. The minimum atomic E-state index is -0.155. The highest BCUT2D eigenvalue weighted by molar-refractivity contribution is 5.80. The first kappa shape index (κ1) is 16.9. The summed E-state index contributed by atoms with van der Waals surface area (Å²) in [5.74, 6) is 0.309. The molecule has 3 heterocycles. The minimum Gasteiger partial charge on any atom is -0.342 e. The molecule has 0 saturated carbocycles. The molecule has 0 aromatic carbocycles. The van der Waals surface area contributed by atoms with Gasteiger partial charge in [0.05, 0.1) is 0 Å². The molecule has 3 rings (SSSR count). The predicted octanol–water partition coefficient (Wildman–Crippen LogP) is 0.984. The monoisotopic (exact) mass is 330 g/mol. The normalized spacial score (nSPS) is 25.3. The lowest BCUT2D eigenvalue weighted by Crippen LogP contribution is -2.44. The SMILES string of the molecule is CCN1CC2(CC1=O)CN(Cc1cccnc1)CCN(C(C)=O)C2. The molecular weight excluding hydrogens is 304 g/mol. The summed E-state index contributed by atoms with van der Waals surface area (Å²) in [6.45, 7) is 9.00. The van der Waals surface area contributed by atoms with E-state index >= 15 is 0 Å². The minimum absolute atomic E-state index is 0.0972. The molecule has 130 valence electrons. The zero-order chi connectivity index (χ0) is 17.2. The molecule has 0 radical (unpaired) electrons. The fourth-order valence-electron chi connectivity index (χ4n) is 3.98. The largest absolute Gasteiger partial charge is 0.342 e. The Hall–Kier alpha value is -1.95. The van der Waals surface area contributed by atoms with Crippen molar-refractivity contribution in [3.8, 4) is 0 Å². The molecule has 2 aliphatic heterocycles. The van der Waals surface area contributed by atoms with Gasteiger partial charge in [0.25, 0.3) is 0 Å². The molecule has 2 aliphatic rings. The highest BCUT2D eigenvalue weighted by Gasteiger charge is 2.46. The van der Waals surface area contributed by atoms with Crippen molar-refractivity contribution in [2.24, 2.45) is 5.41 Å². The molecule has 0 N–H and O–H groups in total. The summed E-state index contributed by atoms with van der Waals surface area (Å²) in [7, 11) is 0. The number of amides is 2. The molecule has 0 bridgehead atoms. The van der Waals surface area contributed by atoms with Gasteiger partial charge in [-0.3, -0.25) is 19.5 Å². The van der Waals surface area contributed by atoms with E-state index in [9.17, 15) is 9.59 Å². The van der Waals surface area contributed by atoms with Gasteiger partial charge in [0.15, 0.2) is 0 Å². The number of rotatable bonds is 3. The number of hydrogen-bond donors (Lipinski definition) is 0. The van der Waals surface area contributed by atoms with Gasteiger partial charge in [0.1, 0.15) is 0 Å². The molecular formula is C18H26N4O2. The van der Waals surface area contributed by atoms with Crippen LogP contribution in [0.25, 0.3) is 0 Å². The molecule has 1 spiro atoms. The van der Waals surface area contributed by atoms with Gasteiger partial charge < -0.3 is 9.80 Å². The van der Waals surface area contributed by atoms with Crippen LogP contribution in [-0.4, -0.2) is 70.8 Å². The van der Waals surface area contributed by atoms with Crippen LogP contribution in [0.5, 0.6) is 0 Å². The second-order valence-electron chi connectivity index (χ2n) is 7.10. The summed E-state index contributed by atoms with van der Waals surface area (Å²) >= 11 is 0. The number of nitrogens with zero attached hydrogens (tertiary/aromatic N) is 4. The van der Waals surface area contributed by atoms with E-state index in [0.29, 0.717) is 13.0 Å². The van der Waals surface area contributed by atoms with Crippen LogP contribution in [0.2, 0.25) is 0 Å². The number of hydrogen-bond acceptors (Lipinski definition) is 4. The standard InChI is InChI=1S/C18H26N4O2/c1-3-21-13-18(9-17(21)24)12-20(7-8-22(14-18)15(2)23)11-16-5-4-6-19-10-16/h4-6,10H,3,7-9,11-14H2,1-2H3. The van der Waals surface area contributed by atoms with Gasteiger partial charge in [-0.15, -0.1) is 0 Å². The van der Waals surface area contributed by atoms with Crippen LogP contribution in [0.15, 0.2) is 24.5 Å². The average Bonchev–Trinajstić information content (AvgIpc) is 2.75. The van der Waals surface area contributed by atoms with E-state index in [-0.39, 0.29) is 17.2 Å². The maximum atomic E-state index is 12.3. The molecule has 2 saturated heterocycles. The highest BCUT2D eigenvalue weighted by Crippen LogP contribution is 2.35. The van der Waals surface area contributed by atoms with E-state index in [4.69, 9.17) is 0 Å². The molecule has 2 amide bonds. The van der Waals surface area contributed by atoms with E-state index in [1.807, 2.05) is 29.0 Å². The van der Waals surface area contributed by atoms with Crippen molar-refractivity contribution >= 4 is 11.8 Å². The Morgan fingerprint density at radius 3 is 2.75 bits per heavy atom. The number of likely N-dealkylation sites (tertiary alicyclic amines) is 1. The molecule has 24 heavy (non-hydrogen) atoms. The third-order valence-electron chi connectivity index (χ3n) is 5.13. The number of pyridine rings is 1. The van der Waals surface area contributed by atoms with Crippen LogP contribution in [0.1, 0.15) is 25.8 Å². The molecule has 1 atom stereocenters. The van der Waals surface area contributed by atoms with Crippen LogP contribution in [0.4, 0.5) is 0 Å². The average molecular weight is 330 g/mol. The van der Waals surface area contributed by atoms with Gasteiger partial charge in [0.2, 0.25) is 11.8 Å². The van der Waals surface area contributed by atoms with Crippen molar-refractivity contribution < 1.29 is 9.59 Å². The number of carbonyl (C=O) groups is 2. The molecule has 1 unspecified atom stereocenters. The maximum absolute atomic E-state index is 12.3. The summed E-state index contributed by atoms with van der Waals surface area (Å²) in [5, 5.41) is 0. The highest BCUT2D eigenvalue weighted by atomic mass is 16.2. The van der Waals surface area contributed by atoms with E-state index in [0.717, 1.165) is 39.3 Å². The first-order valence-electron chi connectivity index (χ1n) is 8.66. The van der Waals surface area contributed by atoms with Crippen molar-refractivity contribution in [2.75, 3.05) is 39.3 Å². The van der Waals surface area contributed by atoms with Gasteiger partial charge in [-0.05, 0) is 18.6 Å². The summed E-state index contributed by atoms with van der Waals surface area (Å²) in [4.78, 5) is 34.7. The van der Waals surface area contributed by atoms with Crippen LogP contribution in [0.3, 0.4) is 0 Å². The van der Waals surface area contributed by atoms with Crippen LogP contribution >= 0.6 is 0 Å². The van der Waals surface area contributed by atoms with E-state index < -0.39 is 0 Å². The van der Waals surface area contributed by atoms with Gasteiger partial charge >= 0.3 is 0 Å². The lowest BCUT2D eigenvalue weighted by atomic mass is 9.85. The van der Waals surface area contributed by atoms with E-state index in [1.165, 1.54) is 5.56 Å². The van der Waals surface area contributed by atoms with Crippen LogP contribution < -0.4 is 0 Å². The molecule has 1 aromatic heterocycles. The third-order valence-corrected chi connectivity index (χ3v) is 5.13. The van der Waals surface area contributed by atoms with E-state index in [2.05, 4.69) is 16.0 Å². The summed E-state index contributed by atoms with van der Waals surface area (Å²) in [6.07, 6.45) is 4.20. The van der Waals surface area contributed by atoms with Crippen molar-refractivity contribution in [2.45, 2.75) is 26.8 Å². The second kappa shape index (κ2) is 6.89. The Morgan fingerprint density at radius 2 is 2.12 bits per heavy atom. The summed E-state index contributed by atoms with van der Waals surface area (Å²) in [5.41, 5.74) is 1.01. The Balaban J connectivity index is 1.80. The third kappa shape index (κ3) is 3.59. The molecule has 6 heteroatoms. The molecule has 1 aromatic rings. The van der Waals surface area contributed by atoms with Gasteiger partial charge in [-0.2, -0.15) is 0 Å². The smallest absolute Gasteiger partial charge is 0.223 e. The Bertz CT molecular complexity index is 606. The van der Waals surface area contributed by atoms with Crippen molar-refractivity contribution in [3.05, 3.63) is 30.1 Å². The molecule has 0 aliphatic carbocycles. The molecule has 2 fully saturated rings. The lowest BCUT2D eigenvalue weighted by molar-refractivity contribution is -0.130. The Morgan fingerprint density at radius 1 is 1.29 bits per heavy atom. The Labute approximate surface area is 143 Å². The number of aromatic nitrogens is 1. The predicted molar refractivity (Wildman–Crippen MR) is 91.1 cm³/mol. The first-order chi connectivity index (χ1) is 11.5. The zero-order valence-corrected chi connectivity index (χ0v) is 14.6. The van der Waals surface area contributed by atoms with E-state index in [1.54, 1.807) is 13.1 Å². The fraction of sp³-hybridized carbons (Fsp3) is 0.611. The maximum Gasteiger partial charge on any atom is 0.223 e. The van der Waals surface area contributed by atoms with Gasteiger partial charge in [0, 0.05) is 77.0 Å². The van der Waals surface area contributed by atoms with Gasteiger partial charge in [-0.25, -0.2) is 0 Å².